The van der Waals surface area contributed by atoms with Crippen molar-refractivity contribution >= 4 is 41.3 Å². The summed E-state index contributed by atoms with van der Waals surface area (Å²) in [5, 5.41) is 5.62. The molecule has 16 nitrogen and oxygen atoms in total. The van der Waals surface area contributed by atoms with Crippen LogP contribution in [0.2, 0.25) is 0 Å². The van der Waals surface area contributed by atoms with Gasteiger partial charge in [-0.2, -0.15) is 0 Å². The summed E-state index contributed by atoms with van der Waals surface area (Å²) in [6.07, 6.45) is 3.94. The van der Waals surface area contributed by atoms with Crippen LogP contribution in [0.1, 0.15) is 101 Å². The maximum atomic E-state index is 15.5. The Hall–Kier alpha value is -4.51. The van der Waals surface area contributed by atoms with Crippen LogP contribution in [0.3, 0.4) is 0 Å². The van der Waals surface area contributed by atoms with Gasteiger partial charge in [-0.15, -0.1) is 0 Å². The van der Waals surface area contributed by atoms with Gasteiger partial charge in [0.1, 0.15) is 36.5 Å². The lowest BCUT2D eigenvalue weighted by atomic mass is 9.82. The highest BCUT2D eigenvalue weighted by Crippen LogP contribution is 2.39. The number of ether oxygens (including phenoxy) is 2. The normalized spacial score (nSPS) is 19.8. The second-order valence-electron chi connectivity index (χ2n) is 17.9. The summed E-state index contributed by atoms with van der Waals surface area (Å²) < 4.78 is 12.3. The minimum Gasteiger partial charge on any atom is -0.459 e. The monoisotopic (exact) mass is 870 g/mol. The Balaban J connectivity index is 2.77. The van der Waals surface area contributed by atoms with E-state index in [0.29, 0.717) is 23.3 Å². The first-order valence-corrected chi connectivity index (χ1v) is 21.7. The lowest BCUT2D eigenvalue weighted by molar-refractivity contribution is -0.177. The third kappa shape index (κ3) is 12.6. The fourth-order valence-corrected chi connectivity index (χ4v) is 7.48. The molecule has 8 atom stereocenters. The summed E-state index contributed by atoms with van der Waals surface area (Å²) in [6, 6.07) is 2.71. The molecular formula is C46H75N7O9. The molecular weight excluding hydrogens is 795 g/mol. The Morgan fingerprint density at radius 2 is 1.56 bits per heavy atom. The highest BCUT2D eigenvalue weighted by molar-refractivity contribution is 6.18. The fourth-order valence-electron chi connectivity index (χ4n) is 7.48. The van der Waals surface area contributed by atoms with Gasteiger partial charge in [-0.05, 0) is 91.3 Å². The van der Waals surface area contributed by atoms with Gasteiger partial charge in [0.15, 0.2) is 5.78 Å². The zero-order valence-electron chi connectivity index (χ0n) is 39.8. The molecule has 1 unspecified atom stereocenters. The van der Waals surface area contributed by atoms with E-state index in [2.05, 4.69) is 10.6 Å². The molecule has 62 heavy (non-hydrogen) atoms. The second kappa shape index (κ2) is 23.3. The van der Waals surface area contributed by atoms with E-state index in [1.807, 2.05) is 39.8 Å². The van der Waals surface area contributed by atoms with E-state index < -0.39 is 88.9 Å². The van der Waals surface area contributed by atoms with Gasteiger partial charge in [-0.25, -0.2) is 4.79 Å². The molecule has 0 radical (unpaired) electrons. The van der Waals surface area contributed by atoms with Gasteiger partial charge in [0.2, 0.25) is 29.2 Å². The quantitative estimate of drug-likeness (QED) is 0.0875. The smallest absolute Gasteiger partial charge is 0.340 e. The van der Waals surface area contributed by atoms with Crippen LogP contribution in [0, 0.1) is 17.8 Å². The topological polar surface area (TPSA) is 201 Å². The van der Waals surface area contributed by atoms with Crippen molar-refractivity contribution in [1.29, 1.82) is 0 Å². The van der Waals surface area contributed by atoms with E-state index >= 15 is 9.59 Å². The van der Waals surface area contributed by atoms with Crippen molar-refractivity contribution < 1.29 is 43.0 Å². The molecule has 2 rings (SSSR count). The average molecular weight is 870 g/mol. The van der Waals surface area contributed by atoms with Crippen molar-refractivity contribution in [2.24, 2.45) is 23.5 Å². The Morgan fingerprint density at radius 3 is 2.08 bits per heavy atom. The average Bonchev–Trinajstić information content (AvgIpc) is 3.48. The van der Waals surface area contributed by atoms with Crippen molar-refractivity contribution in [2.45, 2.75) is 150 Å². The van der Waals surface area contributed by atoms with Crippen molar-refractivity contribution in [2.75, 3.05) is 34.7 Å². The number of ketones is 1. The van der Waals surface area contributed by atoms with Crippen LogP contribution in [-0.2, 0) is 49.6 Å². The van der Waals surface area contributed by atoms with E-state index in [0.717, 1.165) is 4.90 Å². The Morgan fingerprint density at radius 1 is 0.968 bits per heavy atom. The maximum Gasteiger partial charge on any atom is 0.340 e. The van der Waals surface area contributed by atoms with E-state index in [9.17, 15) is 24.0 Å². The molecule has 1 heterocycles. The zero-order valence-corrected chi connectivity index (χ0v) is 39.8. The minimum atomic E-state index is -2.62. The largest absolute Gasteiger partial charge is 0.459 e. The van der Waals surface area contributed by atoms with E-state index in [1.165, 1.54) is 32.8 Å². The van der Waals surface area contributed by atoms with Gasteiger partial charge < -0.3 is 35.6 Å². The molecule has 1 saturated heterocycles. The number of nitrogens with two attached hydrogens (primary N) is 1. The Bertz CT molecular complexity index is 1750. The number of Topliss-reactive ketones (excluding diaryl/α,β-unsaturated/α-hetero) is 1. The van der Waals surface area contributed by atoms with Gasteiger partial charge in [0, 0.05) is 14.1 Å². The van der Waals surface area contributed by atoms with Crippen molar-refractivity contribution in [1.82, 2.24) is 30.2 Å². The van der Waals surface area contributed by atoms with Crippen molar-refractivity contribution in [3.63, 3.8) is 0 Å². The highest BCUT2D eigenvalue weighted by atomic mass is 16.5. The lowest BCUT2D eigenvalue weighted by Gasteiger charge is -2.43. The number of carbonyl (C=O) groups excluding carboxylic acids is 7. The van der Waals surface area contributed by atoms with Crippen LogP contribution in [-0.4, -0.2) is 143 Å². The number of amides is 5. The molecule has 5 amide bonds. The first-order chi connectivity index (χ1) is 28.8. The standard InChI is InChI=1S/C46H75N7O9/c1-16-18-22-30(7)38-37(52(15)45(9,10)62-38)39(55)46(11,44(60)61-27-32-23-20-19-21-24-32)53(42(58)33(47)17-2)41(57)31(8)50(13)43(59)36(29(5)6)49-40(56)34(25-28(3)4)51(14)35(54)26-48-12/h16,18-21,23-24,28-31,33-34,36-38,48H,17,22,25-27,47H2,1-15H3,(H,49,56)/b18-16+/t30-,31+,33?,34+,36+,37+,38-,46-/m1/s1. The van der Waals surface area contributed by atoms with Crippen molar-refractivity contribution in [3.05, 3.63) is 48.0 Å². The van der Waals surface area contributed by atoms with Gasteiger partial charge in [-0.3, -0.25) is 38.6 Å². The zero-order chi connectivity index (χ0) is 47.4. The summed E-state index contributed by atoms with van der Waals surface area (Å²) in [7, 11) is 6.18. The van der Waals surface area contributed by atoms with Crippen molar-refractivity contribution in [3.8, 4) is 0 Å². The molecule has 4 N–H and O–H groups in total. The second-order valence-corrected chi connectivity index (χ2v) is 17.9. The number of esters is 1. The van der Waals surface area contributed by atoms with Gasteiger partial charge >= 0.3 is 5.97 Å². The summed E-state index contributed by atoms with van der Waals surface area (Å²) in [6.45, 7) is 18.6. The highest BCUT2D eigenvalue weighted by Gasteiger charge is 2.62. The molecule has 1 aliphatic rings. The van der Waals surface area contributed by atoms with Crippen LogP contribution < -0.4 is 16.4 Å². The molecule has 348 valence electrons. The Kier molecular flexibility index (Phi) is 20.1. The molecule has 0 saturated carbocycles. The number of rotatable bonds is 22. The van der Waals surface area contributed by atoms with Crippen LogP contribution in [0.25, 0.3) is 0 Å². The first-order valence-electron chi connectivity index (χ1n) is 21.7. The van der Waals surface area contributed by atoms with Gasteiger partial charge in [0.05, 0.1) is 18.7 Å². The van der Waals surface area contributed by atoms with E-state index in [-0.39, 0.29) is 37.3 Å². The molecule has 0 aromatic heterocycles. The number of allylic oxidation sites excluding steroid dienone is 2. The van der Waals surface area contributed by atoms with Gasteiger partial charge in [-0.1, -0.05) is 84.0 Å². The van der Waals surface area contributed by atoms with Gasteiger partial charge in [0.25, 0.3) is 5.91 Å². The molecule has 1 aliphatic heterocycles. The molecule has 1 aromatic rings. The predicted molar refractivity (Wildman–Crippen MR) is 238 cm³/mol. The molecule has 0 bridgehead atoms. The predicted octanol–water partition coefficient (Wildman–Crippen LogP) is 3.27. The molecule has 16 heteroatoms. The SMILES string of the molecule is C/C=C/C[C@@H](C)[C@H]1OC(C)(C)N(C)[C@@H]1C(=O)[C@](C)(C(=O)OCc1ccccc1)N(C(=O)C(N)CC)C(=O)[C@H](C)N(C)C(=O)[C@@H](NC(=O)[C@H](CC(C)C)N(C)C(=O)CNC)C(C)C. The van der Waals surface area contributed by atoms with Crippen LogP contribution in [0.15, 0.2) is 42.5 Å². The summed E-state index contributed by atoms with van der Waals surface area (Å²) in [4.78, 5) is 106. The summed E-state index contributed by atoms with van der Waals surface area (Å²) in [5.74, 6) is -6.36. The van der Waals surface area contributed by atoms with Crippen LogP contribution >= 0.6 is 0 Å². The number of hydrogen-bond acceptors (Lipinski definition) is 12. The molecule has 1 fully saturated rings. The number of nitrogens with one attached hydrogen (secondary N) is 2. The molecule has 0 spiro atoms. The molecule has 1 aromatic carbocycles. The van der Waals surface area contributed by atoms with Crippen LogP contribution in [0.4, 0.5) is 0 Å². The number of hydrogen-bond donors (Lipinski definition) is 3. The van der Waals surface area contributed by atoms with Crippen LogP contribution in [0.5, 0.6) is 0 Å². The third-order valence-electron chi connectivity index (χ3n) is 12.0. The van der Waals surface area contributed by atoms with E-state index in [1.54, 1.807) is 83.9 Å². The number of benzene rings is 1. The fraction of sp³-hybridized carbons (Fsp3) is 0.674. The number of likely N-dealkylation sites (N-methyl/N-ethyl adjacent to an activating group) is 4. The number of nitrogens with zero attached hydrogens (tertiary/aromatic N) is 4. The summed E-state index contributed by atoms with van der Waals surface area (Å²) in [5.41, 5.74) is 3.35. The summed E-state index contributed by atoms with van der Waals surface area (Å²) >= 11 is 0. The number of imide groups is 1. The first kappa shape index (κ1) is 53.6. The Labute approximate surface area is 369 Å². The van der Waals surface area contributed by atoms with E-state index in [4.69, 9.17) is 15.2 Å². The third-order valence-corrected chi connectivity index (χ3v) is 12.0. The molecule has 0 aliphatic carbocycles. The minimum absolute atomic E-state index is 0.00309. The number of carbonyl (C=O) groups is 7. The lowest BCUT2D eigenvalue weighted by Crippen LogP contribution is -2.71. The maximum absolute atomic E-state index is 15.5.